The van der Waals surface area contributed by atoms with Gasteiger partial charge in [0.15, 0.2) is 0 Å². The van der Waals surface area contributed by atoms with Crippen molar-refractivity contribution in [3.05, 3.63) is 68.7 Å². The van der Waals surface area contributed by atoms with Crippen LogP contribution in [0, 0.1) is 12.8 Å². The van der Waals surface area contributed by atoms with Crippen LogP contribution >= 0.6 is 23.2 Å². The standard InChI is InChI=1S/C23H23Cl2F3N2O3S/c1-13(2)12-34(4,32)30-21(31)19-6-5-15(7-14(19)3)20-11-22(33-29-20,23(26,27)28)16-8-17(24)10-18(25)9-16/h5-10,13H,11-12H2,1-4H3. The van der Waals surface area contributed by atoms with Crippen molar-refractivity contribution in [3.63, 3.8) is 0 Å². The molecule has 0 fully saturated rings. The van der Waals surface area contributed by atoms with E-state index in [-0.39, 0.29) is 38.6 Å². The first kappa shape index (κ1) is 26.5. The number of carbonyl (C=O) groups excluding carboxylic acids is 1. The Morgan fingerprint density at radius 2 is 1.82 bits per heavy atom. The molecule has 0 radical (unpaired) electrons. The van der Waals surface area contributed by atoms with Gasteiger partial charge in [-0.15, -0.1) is 0 Å². The molecule has 0 saturated carbocycles. The van der Waals surface area contributed by atoms with Crippen LogP contribution in [0.15, 0.2) is 45.9 Å². The maximum absolute atomic E-state index is 14.2. The molecule has 1 heterocycles. The molecule has 2 aromatic rings. The summed E-state index contributed by atoms with van der Waals surface area (Å²) in [7, 11) is -2.71. The van der Waals surface area contributed by atoms with Gasteiger partial charge in [0.1, 0.15) is 0 Å². The molecule has 2 aromatic carbocycles. The van der Waals surface area contributed by atoms with E-state index in [1.807, 2.05) is 13.8 Å². The third-order valence-electron chi connectivity index (χ3n) is 5.22. The highest BCUT2D eigenvalue weighted by Gasteiger charge is 2.62. The summed E-state index contributed by atoms with van der Waals surface area (Å²) in [6.07, 6.45) is -3.99. The molecule has 0 saturated heterocycles. The van der Waals surface area contributed by atoms with Gasteiger partial charge in [-0.2, -0.15) is 17.5 Å². The molecule has 0 spiro atoms. The van der Waals surface area contributed by atoms with Gasteiger partial charge in [0.2, 0.25) is 0 Å². The highest BCUT2D eigenvalue weighted by molar-refractivity contribution is 7.93. The Morgan fingerprint density at radius 1 is 1.21 bits per heavy atom. The number of amides is 1. The number of alkyl halides is 3. The Kier molecular flexibility index (Phi) is 7.41. The summed E-state index contributed by atoms with van der Waals surface area (Å²) in [6.45, 7) is 5.38. The summed E-state index contributed by atoms with van der Waals surface area (Å²) in [5.41, 5.74) is -1.94. The summed E-state index contributed by atoms with van der Waals surface area (Å²) in [6, 6.07) is 8.05. The van der Waals surface area contributed by atoms with E-state index in [0.29, 0.717) is 11.1 Å². The molecule has 0 aliphatic carbocycles. The number of hydrogen-bond acceptors (Lipinski definition) is 4. The largest absolute Gasteiger partial charge is 0.435 e. The van der Waals surface area contributed by atoms with E-state index >= 15 is 0 Å². The van der Waals surface area contributed by atoms with Crippen LogP contribution in [0.5, 0.6) is 0 Å². The van der Waals surface area contributed by atoms with Gasteiger partial charge in [-0.1, -0.05) is 48.3 Å². The van der Waals surface area contributed by atoms with Gasteiger partial charge in [-0.25, -0.2) is 4.21 Å². The van der Waals surface area contributed by atoms with E-state index < -0.39 is 33.8 Å². The van der Waals surface area contributed by atoms with Crippen LogP contribution in [0.3, 0.4) is 0 Å². The van der Waals surface area contributed by atoms with Crippen LogP contribution in [0.4, 0.5) is 13.2 Å². The quantitative estimate of drug-likeness (QED) is 0.424. The summed E-state index contributed by atoms with van der Waals surface area (Å²) < 4.78 is 59.0. The molecule has 0 aromatic heterocycles. The molecule has 0 N–H and O–H groups in total. The number of nitrogens with zero attached hydrogens (tertiary/aromatic N) is 2. The molecule has 34 heavy (non-hydrogen) atoms. The first-order valence-corrected chi connectivity index (χ1v) is 13.1. The third-order valence-corrected chi connectivity index (χ3v) is 7.50. The van der Waals surface area contributed by atoms with E-state index in [0.717, 1.165) is 12.1 Å². The van der Waals surface area contributed by atoms with Crippen molar-refractivity contribution < 1.29 is 27.0 Å². The summed E-state index contributed by atoms with van der Waals surface area (Å²) >= 11 is 11.9. The van der Waals surface area contributed by atoms with Gasteiger partial charge < -0.3 is 4.84 Å². The molecule has 2 unspecified atom stereocenters. The molecule has 11 heteroatoms. The number of rotatable bonds is 5. The molecule has 3 rings (SSSR count). The predicted molar refractivity (Wildman–Crippen MR) is 128 cm³/mol. The Hall–Kier alpha value is -2.10. The maximum Gasteiger partial charge on any atom is 0.435 e. The third kappa shape index (κ3) is 5.58. The van der Waals surface area contributed by atoms with E-state index in [9.17, 15) is 22.2 Å². The van der Waals surface area contributed by atoms with Crippen molar-refractivity contribution in [1.29, 1.82) is 0 Å². The number of carbonyl (C=O) groups is 1. The lowest BCUT2D eigenvalue weighted by atomic mass is 9.86. The van der Waals surface area contributed by atoms with Gasteiger partial charge >= 0.3 is 6.18 Å². The fraction of sp³-hybridized carbons (Fsp3) is 0.391. The molecule has 5 nitrogen and oxygen atoms in total. The average Bonchev–Trinajstić information content (AvgIpc) is 3.12. The molecule has 2 atom stereocenters. The number of hydrogen-bond donors (Lipinski definition) is 0. The highest BCUT2D eigenvalue weighted by atomic mass is 35.5. The Labute approximate surface area is 206 Å². The Morgan fingerprint density at radius 3 is 2.35 bits per heavy atom. The second-order valence-corrected chi connectivity index (χ2v) is 12.0. The lowest BCUT2D eigenvalue weighted by Gasteiger charge is -2.29. The van der Waals surface area contributed by atoms with Crippen LogP contribution in [-0.2, 0) is 20.2 Å². The molecule has 1 aliphatic rings. The van der Waals surface area contributed by atoms with Crippen molar-refractivity contribution in [2.45, 2.75) is 39.0 Å². The fourth-order valence-electron chi connectivity index (χ4n) is 3.81. The Bertz CT molecular complexity index is 1260. The van der Waals surface area contributed by atoms with E-state index in [4.69, 9.17) is 28.0 Å². The number of halogens is 5. The van der Waals surface area contributed by atoms with Crippen LogP contribution in [0.1, 0.15) is 47.3 Å². The first-order chi connectivity index (χ1) is 15.6. The minimum atomic E-state index is -4.81. The number of oxime groups is 1. The van der Waals surface area contributed by atoms with Crippen molar-refractivity contribution in [2.24, 2.45) is 15.4 Å². The van der Waals surface area contributed by atoms with Gasteiger partial charge in [0.05, 0.1) is 15.4 Å². The lowest BCUT2D eigenvalue weighted by molar-refractivity contribution is -0.275. The zero-order valence-electron chi connectivity index (χ0n) is 18.9. The molecule has 1 aliphatic heterocycles. The van der Waals surface area contributed by atoms with Crippen molar-refractivity contribution >= 4 is 44.5 Å². The van der Waals surface area contributed by atoms with Crippen LogP contribution in [0.25, 0.3) is 0 Å². The second-order valence-electron chi connectivity index (χ2n) is 8.73. The monoisotopic (exact) mass is 534 g/mol. The van der Waals surface area contributed by atoms with Crippen molar-refractivity contribution in [2.75, 3.05) is 12.0 Å². The second kappa shape index (κ2) is 9.51. The molecular formula is C23H23Cl2F3N2O3S. The molecule has 1 amide bonds. The summed E-state index contributed by atoms with van der Waals surface area (Å²) in [4.78, 5) is 17.6. The van der Waals surface area contributed by atoms with E-state index in [1.54, 1.807) is 6.92 Å². The van der Waals surface area contributed by atoms with Crippen molar-refractivity contribution in [3.8, 4) is 0 Å². The first-order valence-electron chi connectivity index (χ1n) is 10.3. The van der Waals surface area contributed by atoms with Gasteiger partial charge in [-0.3, -0.25) is 4.79 Å². The summed E-state index contributed by atoms with van der Waals surface area (Å²) in [5, 5.41) is 3.80. The van der Waals surface area contributed by atoms with Crippen LogP contribution in [0.2, 0.25) is 10.0 Å². The Balaban J connectivity index is 1.93. The zero-order valence-corrected chi connectivity index (χ0v) is 21.2. The van der Waals surface area contributed by atoms with E-state index in [2.05, 4.69) is 9.52 Å². The van der Waals surface area contributed by atoms with Crippen molar-refractivity contribution in [1.82, 2.24) is 0 Å². The predicted octanol–water partition coefficient (Wildman–Crippen LogP) is 6.78. The topological polar surface area (TPSA) is 68.1 Å². The minimum absolute atomic E-state index is 0.0376. The van der Waals surface area contributed by atoms with Gasteiger partial charge in [-0.05, 0) is 54.3 Å². The highest BCUT2D eigenvalue weighted by Crippen LogP contribution is 2.49. The smallest absolute Gasteiger partial charge is 0.374 e. The average molecular weight is 535 g/mol. The maximum atomic E-state index is 14.2. The fourth-order valence-corrected chi connectivity index (χ4v) is 6.10. The SMILES string of the molecule is Cc1cc(C2=NOC(c3cc(Cl)cc(Cl)c3)(C(F)(F)F)C2)ccc1C(=O)N=S(C)(=O)CC(C)C. The van der Waals surface area contributed by atoms with E-state index in [1.165, 1.54) is 30.5 Å². The van der Waals surface area contributed by atoms with Crippen LogP contribution in [-0.4, -0.2) is 34.0 Å². The minimum Gasteiger partial charge on any atom is -0.374 e. The number of aryl methyl sites for hydroxylation is 1. The molecule has 0 bridgehead atoms. The zero-order chi connectivity index (χ0) is 25.5. The normalized spacial score (nSPS) is 20.0. The van der Waals surface area contributed by atoms with Gasteiger partial charge in [0.25, 0.3) is 11.5 Å². The lowest BCUT2D eigenvalue weighted by Crippen LogP contribution is -2.42. The summed E-state index contributed by atoms with van der Waals surface area (Å²) in [5.74, 6) is -0.266. The number of benzene rings is 2. The van der Waals surface area contributed by atoms with Gasteiger partial charge in [0, 0.05) is 39.6 Å². The molecular weight excluding hydrogens is 512 g/mol. The van der Waals surface area contributed by atoms with Crippen LogP contribution < -0.4 is 0 Å². The molecule has 184 valence electrons.